The maximum atomic E-state index is 12.8. The number of methoxy groups -OCH3 is 1. The molecule has 0 aliphatic carbocycles. The summed E-state index contributed by atoms with van der Waals surface area (Å²) in [5.74, 6) is 0.537. The van der Waals surface area contributed by atoms with Crippen LogP contribution >= 0.6 is 11.6 Å². The number of piperidine rings is 2. The van der Waals surface area contributed by atoms with Crippen molar-refractivity contribution in [3.8, 4) is 11.5 Å². The number of ether oxygens (including phenoxy) is 1. The van der Waals surface area contributed by atoms with Crippen molar-refractivity contribution in [3.63, 3.8) is 0 Å². The fraction of sp³-hybridized carbons (Fsp3) is 0.407. The number of nitrogens with two attached hydrogens (primary N) is 4. The van der Waals surface area contributed by atoms with Gasteiger partial charge in [-0.05, 0) is 43.2 Å². The van der Waals surface area contributed by atoms with Crippen LogP contribution in [0, 0.1) is 0 Å². The lowest BCUT2D eigenvalue weighted by Gasteiger charge is -2.37. The Balaban J connectivity index is 1.39. The SMILES string of the molecule is COc1cccc(C(=O)Nc2ccc(Nc3nc(N4C[C@H](N)C[C@H](N)C4)nc(N4C[C@H](N)C[C@H](N)C4)n3)cc2Cl)c1O. The predicted molar refractivity (Wildman–Crippen MR) is 163 cm³/mol. The van der Waals surface area contributed by atoms with Gasteiger partial charge in [-0.2, -0.15) is 15.0 Å². The molecule has 11 N–H and O–H groups in total. The van der Waals surface area contributed by atoms with Crippen LogP contribution in [0.25, 0.3) is 0 Å². The highest BCUT2D eigenvalue weighted by molar-refractivity contribution is 6.34. The standard InChI is InChI=1S/C27H36ClN11O3/c1-42-22-4-2-3-19(23(22)40)24(41)34-21-6-5-18(9-20(21)28)33-25-35-26(38-10-14(29)7-15(30)11-38)37-27(36-25)39-12-16(31)8-17(32)13-39/h2-6,9,14-17,40H,7-8,10-13,29-32H2,1H3,(H,34,41)(H,33,35,36,37)/t14-,15+,16-,17+. The number of aromatic nitrogens is 3. The van der Waals surface area contributed by atoms with Crippen molar-refractivity contribution in [2.24, 2.45) is 22.9 Å². The molecule has 15 heteroatoms. The minimum absolute atomic E-state index is 0.0483. The van der Waals surface area contributed by atoms with Crippen LogP contribution in [0.15, 0.2) is 36.4 Å². The van der Waals surface area contributed by atoms with Gasteiger partial charge in [-0.3, -0.25) is 4.79 Å². The average Bonchev–Trinajstić information content (AvgIpc) is 2.93. The Labute approximate surface area is 248 Å². The van der Waals surface area contributed by atoms with Crippen LogP contribution in [0.1, 0.15) is 23.2 Å². The first-order chi connectivity index (χ1) is 20.1. The van der Waals surface area contributed by atoms with Crippen molar-refractivity contribution in [1.82, 2.24) is 15.0 Å². The van der Waals surface area contributed by atoms with E-state index >= 15 is 0 Å². The van der Waals surface area contributed by atoms with Crippen LogP contribution < -0.4 is 48.1 Å². The van der Waals surface area contributed by atoms with E-state index in [-0.39, 0.29) is 52.2 Å². The molecule has 1 aromatic heterocycles. The molecule has 0 radical (unpaired) electrons. The number of carbonyl (C=O) groups excluding carboxylic acids is 1. The number of carbonyl (C=O) groups is 1. The van der Waals surface area contributed by atoms with E-state index in [0.29, 0.717) is 62.3 Å². The van der Waals surface area contributed by atoms with E-state index in [4.69, 9.17) is 44.3 Å². The third kappa shape index (κ3) is 6.74. The summed E-state index contributed by atoms with van der Waals surface area (Å²) in [5.41, 5.74) is 25.9. The number of hydrogen-bond acceptors (Lipinski definition) is 13. The number of halogens is 1. The molecular formula is C27H36ClN11O3. The van der Waals surface area contributed by atoms with Crippen LogP contribution in [0.5, 0.6) is 11.5 Å². The zero-order valence-corrected chi connectivity index (χ0v) is 24.0. The monoisotopic (exact) mass is 597 g/mol. The summed E-state index contributed by atoms with van der Waals surface area (Å²) < 4.78 is 5.09. The maximum absolute atomic E-state index is 12.8. The molecule has 14 nitrogen and oxygen atoms in total. The Kier molecular flexibility index (Phi) is 8.80. The molecule has 2 aliphatic rings. The molecule has 0 saturated carbocycles. The highest BCUT2D eigenvalue weighted by Crippen LogP contribution is 2.32. The lowest BCUT2D eigenvalue weighted by molar-refractivity contribution is 0.102. The lowest BCUT2D eigenvalue weighted by Crippen LogP contribution is -2.54. The Hall–Kier alpha value is -3.95. The Morgan fingerprint density at radius 1 is 0.929 bits per heavy atom. The van der Waals surface area contributed by atoms with Gasteiger partial charge in [0.2, 0.25) is 17.8 Å². The second kappa shape index (κ2) is 12.5. The number of anilines is 5. The molecule has 0 bridgehead atoms. The number of nitrogens with one attached hydrogen (secondary N) is 2. The van der Waals surface area contributed by atoms with Gasteiger partial charge in [0.1, 0.15) is 0 Å². The van der Waals surface area contributed by atoms with Gasteiger partial charge < -0.3 is 53.2 Å². The zero-order chi connectivity index (χ0) is 30.0. The van der Waals surface area contributed by atoms with Gasteiger partial charge in [-0.1, -0.05) is 17.7 Å². The van der Waals surface area contributed by atoms with E-state index in [1.807, 2.05) is 9.80 Å². The molecule has 42 heavy (non-hydrogen) atoms. The predicted octanol–water partition coefficient (Wildman–Crippen LogP) is 0.965. The number of phenolic OH excluding ortho intramolecular Hbond substituents is 1. The normalized spacial score (nSPS) is 22.5. The van der Waals surface area contributed by atoms with Gasteiger partial charge in [0.05, 0.1) is 23.4 Å². The Morgan fingerprint density at radius 2 is 1.50 bits per heavy atom. The second-order valence-electron chi connectivity index (χ2n) is 10.7. The number of nitrogens with zero attached hydrogens (tertiary/aromatic N) is 5. The first-order valence-corrected chi connectivity index (χ1v) is 14.0. The third-order valence-electron chi connectivity index (χ3n) is 7.15. The van der Waals surface area contributed by atoms with Crippen molar-refractivity contribution < 1.29 is 14.6 Å². The van der Waals surface area contributed by atoms with Crippen LogP contribution in [0.4, 0.5) is 29.2 Å². The number of amides is 1. The van der Waals surface area contributed by atoms with E-state index in [1.54, 1.807) is 30.3 Å². The van der Waals surface area contributed by atoms with Gasteiger partial charge in [-0.15, -0.1) is 0 Å². The zero-order valence-electron chi connectivity index (χ0n) is 23.2. The second-order valence-corrected chi connectivity index (χ2v) is 11.1. The maximum Gasteiger partial charge on any atom is 0.259 e. The van der Waals surface area contributed by atoms with Crippen molar-refractivity contribution in [2.45, 2.75) is 37.0 Å². The summed E-state index contributed by atoms with van der Waals surface area (Å²) >= 11 is 6.53. The van der Waals surface area contributed by atoms with E-state index in [0.717, 1.165) is 0 Å². The summed E-state index contributed by atoms with van der Waals surface area (Å²) in [6, 6.07) is 9.19. The van der Waals surface area contributed by atoms with E-state index < -0.39 is 5.91 Å². The summed E-state index contributed by atoms with van der Waals surface area (Å²) in [4.78, 5) is 30.8. The molecule has 2 fully saturated rings. The number of phenols is 1. The van der Waals surface area contributed by atoms with Crippen molar-refractivity contribution >= 4 is 46.7 Å². The number of rotatable bonds is 7. The molecule has 3 aromatic rings. The smallest absolute Gasteiger partial charge is 0.259 e. The average molecular weight is 598 g/mol. The molecule has 0 spiro atoms. The summed E-state index contributed by atoms with van der Waals surface area (Å²) in [7, 11) is 1.41. The Morgan fingerprint density at radius 3 is 2.02 bits per heavy atom. The summed E-state index contributed by atoms with van der Waals surface area (Å²) in [5, 5.41) is 16.5. The summed E-state index contributed by atoms with van der Waals surface area (Å²) in [6.45, 7) is 2.22. The molecular weight excluding hydrogens is 562 g/mol. The van der Waals surface area contributed by atoms with Crippen LogP contribution in [-0.2, 0) is 0 Å². The Bertz CT molecular complexity index is 1380. The molecule has 5 rings (SSSR count). The van der Waals surface area contributed by atoms with E-state index in [2.05, 4.69) is 20.6 Å². The molecule has 224 valence electrons. The minimum atomic E-state index is -0.545. The number of benzene rings is 2. The minimum Gasteiger partial charge on any atom is -0.504 e. The fourth-order valence-corrected chi connectivity index (χ4v) is 5.49. The fourth-order valence-electron chi connectivity index (χ4n) is 5.26. The molecule has 2 aromatic carbocycles. The largest absolute Gasteiger partial charge is 0.504 e. The van der Waals surface area contributed by atoms with Crippen LogP contribution in [0.2, 0.25) is 5.02 Å². The van der Waals surface area contributed by atoms with Gasteiger partial charge in [0.25, 0.3) is 5.91 Å². The highest BCUT2D eigenvalue weighted by atomic mass is 35.5. The highest BCUT2D eigenvalue weighted by Gasteiger charge is 2.29. The van der Waals surface area contributed by atoms with E-state index in [9.17, 15) is 9.90 Å². The van der Waals surface area contributed by atoms with Gasteiger partial charge in [0, 0.05) is 56.0 Å². The van der Waals surface area contributed by atoms with Crippen LogP contribution in [-0.4, -0.2) is 83.4 Å². The van der Waals surface area contributed by atoms with Crippen molar-refractivity contribution in [1.29, 1.82) is 0 Å². The topological polar surface area (TPSA) is 220 Å². The lowest BCUT2D eigenvalue weighted by atomic mass is 10.0. The van der Waals surface area contributed by atoms with Gasteiger partial charge >= 0.3 is 0 Å². The third-order valence-corrected chi connectivity index (χ3v) is 7.46. The van der Waals surface area contributed by atoms with Gasteiger partial charge in [0.15, 0.2) is 11.5 Å². The molecule has 0 unspecified atom stereocenters. The number of aromatic hydroxyl groups is 1. The first-order valence-electron chi connectivity index (χ1n) is 13.6. The first kappa shape index (κ1) is 29.5. The number of para-hydroxylation sites is 1. The molecule has 1 amide bonds. The molecule has 2 saturated heterocycles. The quantitative estimate of drug-likeness (QED) is 0.202. The van der Waals surface area contributed by atoms with E-state index in [1.165, 1.54) is 13.2 Å². The molecule has 3 heterocycles. The molecule has 4 atom stereocenters. The summed E-state index contributed by atoms with van der Waals surface area (Å²) in [6.07, 6.45) is 1.43. The van der Waals surface area contributed by atoms with Crippen molar-refractivity contribution in [3.05, 3.63) is 47.0 Å². The molecule has 2 aliphatic heterocycles. The van der Waals surface area contributed by atoms with Crippen molar-refractivity contribution in [2.75, 3.05) is 53.7 Å². The van der Waals surface area contributed by atoms with Crippen LogP contribution in [0.3, 0.4) is 0 Å². The van der Waals surface area contributed by atoms with Gasteiger partial charge in [-0.25, -0.2) is 0 Å². The number of hydrogen-bond donors (Lipinski definition) is 7.